The topological polar surface area (TPSA) is 72.9 Å². The molecule has 6 nitrogen and oxygen atoms in total. The number of piperazine rings is 1. The molecule has 27 heavy (non-hydrogen) atoms. The van der Waals surface area contributed by atoms with Crippen LogP contribution in [-0.2, 0) is 9.59 Å². The summed E-state index contributed by atoms with van der Waals surface area (Å²) in [5, 5.41) is 13.1. The molecule has 3 rings (SSSR count). The van der Waals surface area contributed by atoms with E-state index in [4.69, 9.17) is 0 Å². The van der Waals surface area contributed by atoms with Gasteiger partial charge < -0.3 is 20.2 Å². The van der Waals surface area contributed by atoms with Crippen molar-refractivity contribution in [2.45, 2.75) is 0 Å². The number of hydrogen-bond acceptors (Lipinski definition) is 4. The average Bonchev–Trinajstić information content (AvgIpc) is 2.73. The molecule has 0 aromatic heterocycles. The van der Waals surface area contributed by atoms with Gasteiger partial charge in [0.1, 0.15) is 5.75 Å². The zero-order valence-electron chi connectivity index (χ0n) is 15.1. The molecule has 1 aliphatic heterocycles. The first-order valence-electron chi connectivity index (χ1n) is 8.90. The van der Waals surface area contributed by atoms with Gasteiger partial charge in [-0.05, 0) is 29.3 Å². The first-order chi connectivity index (χ1) is 13.1. The molecule has 2 aromatic rings. The number of phenols is 1. The summed E-state index contributed by atoms with van der Waals surface area (Å²) in [5.74, 6) is -0.0723. The average molecular weight is 365 g/mol. The third-order valence-electron chi connectivity index (χ3n) is 4.65. The van der Waals surface area contributed by atoms with Crippen molar-refractivity contribution in [2.75, 3.05) is 38.0 Å². The van der Waals surface area contributed by atoms with Gasteiger partial charge in [0, 0.05) is 26.2 Å². The van der Waals surface area contributed by atoms with Gasteiger partial charge in [0.05, 0.1) is 12.2 Å². The predicted octanol–water partition coefficient (Wildman–Crippen LogP) is 2.33. The van der Waals surface area contributed by atoms with Crippen LogP contribution < -0.4 is 5.32 Å². The predicted molar refractivity (Wildman–Crippen MR) is 105 cm³/mol. The van der Waals surface area contributed by atoms with E-state index in [-0.39, 0.29) is 24.1 Å². The Morgan fingerprint density at radius 3 is 2.33 bits per heavy atom. The van der Waals surface area contributed by atoms with Crippen molar-refractivity contribution in [1.29, 1.82) is 0 Å². The Bertz CT molecular complexity index is 828. The number of anilines is 1. The molecule has 0 unspecified atom stereocenters. The van der Waals surface area contributed by atoms with Crippen LogP contribution in [0.15, 0.2) is 61.2 Å². The molecule has 1 heterocycles. The quantitative estimate of drug-likeness (QED) is 0.630. The lowest BCUT2D eigenvalue weighted by atomic mass is 10.0. The highest BCUT2D eigenvalue weighted by Crippen LogP contribution is 2.29. The lowest BCUT2D eigenvalue weighted by Gasteiger charge is -2.34. The first-order valence-corrected chi connectivity index (χ1v) is 8.90. The molecule has 0 bridgehead atoms. The SMILES string of the molecule is C=CC(=O)N1CCN(C(=O)CNc2cc(-c3ccccc3)ccc2O)CC1. The molecule has 0 aliphatic carbocycles. The van der Waals surface area contributed by atoms with E-state index < -0.39 is 0 Å². The number of carbonyl (C=O) groups excluding carboxylic acids is 2. The zero-order chi connectivity index (χ0) is 19.2. The number of nitrogens with zero attached hydrogens (tertiary/aromatic N) is 2. The van der Waals surface area contributed by atoms with Gasteiger partial charge in [0.2, 0.25) is 11.8 Å². The molecule has 1 aliphatic rings. The number of rotatable bonds is 5. The summed E-state index contributed by atoms with van der Waals surface area (Å²) in [5.41, 5.74) is 2.51. The summed E-state index contributed by atoms with van der Waals surface area (Å²) in [6.07, 6.45) is 1.29. The van der Waals surface area contributed by atoms with Gasteiger partial charge in [-0.2, -0.15) is 0 Å². The van der Waals surface area contributed by atoms with Crippen LogP contribution in [-0.4, -0.2) is 59.4 Å². The van der Waals surface area contributed by atoms with Crippen molar-refractivity contribution in [1.82, 2.24) is 9.80 Å². The molecular formula is C21H23N3O3. The van der Waals surface area contributed by atoms with Crippen molar-refractivity contribution in [3.63, 3.8) is 0 Å². The Balaban J connectivity index is 1.59. The third kappa shape index (κ3) is 4.47. The van der Waals surface area contributed by atoms with Gasteiger partial charge >= 0.3 is 0 Å². The monoisotopic (exact) mass is 365 g/mol. The van der Waals surface area contributed by atoms with Crippen LogP contribution in [0.25, 0.3) is 11.1 Å². The van der Waals surface area contributed by atoms with Gasteiger partial charge in [-0.15, -0.1) is 0 Å². The number of benzene rings is 2. The van der Waals surface area contributed by atoms with Crippen LogP contribution >= 0.6 is 0 Å². The maximum Gasteiger partial charge on any atom is 0.246 e. The fourth-order valence-electron chi connectivity index (χ4n) is 3.08. The van der Waals surface area contributed by atoms with Crippen molar-refractivity contribution >= 4 is 17.5 Å². The van der Waals surface area contributed by atoms with Crippen LogP contribution in [0, 0.1) is 0 Å². The molecule has 2 amide bonds. The number of aromatic hydroxyl groups is 1. The fraction of sp³-hybridized carbons (Fsp3) is 0.238. The third-order valence-corrected chi connectivity index (χ3v) is 4.65. The molecule has 1 saturated heterocycles. The van der Waals surface area contributed by atoms with E-state index in [1.54, 1.807) is 15.9 Å². The summed E-state index contributed by atoms with van der Waals surface area (Å²) in [4.78, 5) is 27.4. The normalized spacial score (nSPS) is 13.9. The Hall–Kier alpha value is -3.28. The van der Waals surface area contributed by atoms with Crippen molar-refractivity contribution in [3.05, 3.63) is 61.2 Å². The van der Waals surface area contributed by atoms with E-state index in [9.17, 15) is 14.7 Å². The Kier molecular flexibility index (Phi) is 5.76. The molecule has 0 radical (unpaired) electrons. The Labute approximate surface area is 158 Å². The molecule has 140 valence electrons. The molecule has 0 atom stereocenters. The minimum atomic E-state index is -0.108. The van der Waals surface area contributed by atoms with Gasteiger partial charge in [-0.1, -0.05) is 43.0 Å². The lowest BCUT2D eigenvalue weighted by Crippen LogP contribution is -2.51. The standard InChI is InChI=1S/C21H23N3O3/c1-2-20(26)23-10-12-24(13-11-23)21(27)15-22-18-14-17(8-9-19(18)25)16-6-4-3-5-7-16/h2-9,14,22,25H,1,10-13,15H2. The highest BCUT2D eigenvalue weighted by Gasteiger charge is 2.22. The van der Waals surface area contributed by atoms with Crippen LogP contribution in [0.3, 0.4) is 0 Å². The largest absolute Gasteiger partial charge is 0.506 e. The number of carbonyl (C=O) groups is 2. The number of amides is 2. The van der Waals surface area contributed by atoms with E-state index in [1.807, 2.05) is 42.5 Å². The summed E-state index contributed by atoms with van der Waals surface area (Å²) in [7, 11) is 0. The van der Waals surface area contributed by atoms with E-state index in [1.165, 1.54) is 6.08 Å². The van der Waals surface area contributed by atoms with Crippen LogP contribution in [0.2, 0.25) is 0 Å². The fourth-order valence-corrected chi connectivity index (χ4v) is 3.08. The zero-order valence-corrected chi connectivity index (χ0v) is 15.1. The number of hydrogen-bond donors (Lipinski definition) is 2. The minimum Gasteiger partial charge on any atom is -0.506 e. The summed E-state index contributed by atoms with van der Waals surface area (Å²) in [6, 6.07) is 15.1. The lowest BCUT2D eigenvalue weighted by molar-refractivity contribution is -0.135. The summed E-state index contributed by atoms with van der Waals surface area (Å²) in [6.45, 7) is 5.57. The molecule has 1 fully saturated rings. The van der Waals surface area contributed by atoms with E-state index in [2.05, 4.69) is 11.9 Å². The minimum absolute atomic E-state index is 0.0646. The smallest absolute Gasteiger partial charge is 0.246 e. The van der Waals surface area contributed by atoms with Crippen molar-refractivity contribution in [3.8, 4) is 16.9 Å². The second-order valence-electron chi connectivity index (χ2n) is 6.36. The van der Waals surface area contributed by atoms with Gasteiger partial charge in [0.25, 0.3) is 0 Å². The molecule has 0 spiro atoms. The van der Waals surface area contributed by atoms with Crippen molar-refractivity contribution in [2.24, 2.45) is 0 Å². The van der Waals surface area contributed by atoms with E-state index in [0.29, 0.717) is 31.9 Å². The van der Waals surface area contributed by atoms with E-state index in [0.717, 1.165) is 11.1 Å². The van der Waals surface area contributed by atoms with Gasteiger partial charge in [-0.3, -0.25) is 9.59 Å². The second kappa shape index (κ2) is 8.40. The summed E-state index contributed by atoms with van der Waals surface area (Å²) < 4.78 is 0. The molecule has 0 saturated carbocycles. The molecular weight excluding hydrogens is 342 g/mol. The van der Waals surface area contributed by atoms with Gasteiger partial charge in [0.15, 0.2) is 0 Å². The van der Waals surface area contributed by atoms with Crippen molar-refractivity contribution < 1.29 is 14.7 Å². The molecule has 2 N–H and O–H groups in total. The van der Waals surface area contributed by atoms with Crippen LogP contribution in [0.4, 0.5) is 5.69 Å². The maximum absolute atomic E-state index is 12.4. The van der Waals surface area contributed by atoms with Crippen LogP contribution in [0.5, 0.6) is 5.75 Å². The first kappa shape index (κ1) is 18.5. The van der Waals surface area contributed by atoms with E-state index >= 15 is 0 Å². The molecule has 6 heteroatoms. The number of nitrogens with one attached hydrogen (secondary N) is 1. The molecule has 2 aromatic carbocycles. The number of phenolic OH excluding ortho intramolecular Hbond substituents is 1. The Morgan fingerprint density at radius 1 is 1.00 bits per heavy atom. The van der Waals surface area contributed by atoms with Crippen LogP contribution in [0.1, 0.15) is 0 Å². The highest BCUT2D eigenvalue weighted by atomic mass is 16.3. The van der Waals surface area contributed by atoms with Gasteiger partial charge in [-0.25, -0.2) is 0 Å². The Morgan fingerprint density at radius 2 is 1.67 bits per heavy atom. The second-order valence-corrected chi connectivity index (χ2v) is 6.36. The highest BCUT2D eigenvalue weighted by molar-refractivity contribution is 5.87. The summed E-state index contributed by atoms with van der Waals surface area (Å²) >= 11 is 0. The maximum atomic E-state index is 12.4.